The average molecular weight is 257 g/mol. The lowest BCUT2D eigenvalue weighted by molar-refractivity contribution is 0.721. The molecule has 0 saturated carbocycles. The van der Waals surface area contributed by atoms with Crippen LogP contribution < -0.4 is 5.73 Å². The predicted octanol–water partition coefficient (Wildman–Crippen LogP) is 4.18. The molecule has 0 aromatic heterocycles. The largest absolute Gasteiger partial charge is 0.327 e. The molecule has 2 heteroatoms. The van der Waals surface area contributed by atoms with Crippen molar-refractivity contribution in [1.82, 2.24) is 0 Å². The number of hydrogen-bond acceptors (Lipinski definition) is 2. The Balaban J connectivity index is 2.19. The van der Waals surface area contributed by atoms with Crippen molar-refractivity contribution in [3.8, 4) is 0 Å². The van der Waals surface area contributed by atoms with Gasteiger partial charge in [0.25, 0.3) is 0 Å². The summed E-state index contributed by atoms with van der Waals surface area (Å²) in [6.07, 6.45) is 0. The van der Waals surface area contributed by atoms with Crippen LogP contribution in [0.5, 0.6) is 0 Å². The first-order valence-electron chi connectivity index (χ1n) is 6.20. The van der Waals surface area contributed by atoms with Gasteiger partial charge in [-0.1, -0.05) is 48.0 Å². The van der Waals surface area contributed by atoms with Gasteiger partial charge in [-0.15, -0.1) is 11.8 Å². The number of nitrogens with two attached hydrogens (primary N) is 1. The standard InChI is InChI=1S/C16H19NS/c1-12-8-10-15(11-9-12)18-16(13(2)17)14-6-4-3-5-7-14/h3-11,13,16H,17H2,1-2H3. The van der Waals surface area contributed by atoms with E-state index in [9.17, 15) is 0 Å². The zero-order chi connectivity index (χ0) is 13.0. The van der Waals surface area contributed by atoms with Gasteiger partial charge in [0.15, 0.2) is 0 Å². The summed E-state index contributed by atoms with van der Waals surface area (Å²) in [6, 6.07) is 19.2. The van der Waals surface area contributed by atoms with Crippen LogP contribution in [0.2, 0.25) is 0 Å². The second kappa shape index (κ2) is 6.07. The Hall–Kier alpha value is -1.25. The molecule has 2 N–H and O–H groups in total. The van der Waals surface area contributed by atoms with Crippen molar-refractivity contribution in [2.75, 3.05) is 0 Å². The van der Waals surface area contributed by atoms with Crippen LogP contribution in [0.25, 0.3) is 0 Å². The first-order valence-corrected chi connectivity index (χ1v) is 7.08. The van der Waals surface area contributed by atoms with E-state index >= 15 is 0 Å². The van der Waals surface area contributed by atoms with Gasteiger partial charge in [-0.05, 0) is 31.5 Å². The lowest BCUT2D eigenvalue weighted by atomic mass is 10.1. The molecule has 0 heterocycles. The van der Waals surface area contributed by atoms with Gasteiger partial charge >= 0.3 is 0 Å². The van der Waals surface area contributed by atoms with Crippen LogP contribution in [0.4, 0.5) is 0 Å². The minimum absolute atomic E-state index is 0.124. The van der Waals surface area contributed by atoms with Crippen molar-refractivity contribution in [3.05, 3.63) is 65.7 Å². The minimum Gasteiger partial charge on any atom is -0.327 e. The van der Waals surface area contributed by atoms with E-state index in [0.717, 1.165) is 0 Å². The van der Waals surface area contributed by atoms with Gasteiger partial charge in [-0.3, -0.25) is 0 Å². The van der Waals surface area contributed by atoms with Crippen molar-refractivity contribution < 1.29 is 0 Å². The van der Waals surface area contributed by atoms with Gasteiger partial charge in [-0.2, -0.15) is 0 Å². The van der Waals surface area contributed by atoms with Crippen LogP contribution in [-0.4, -0.2) is 6.04 Å². The Kier molecular flexibility index (Phi) is 4.45. The van der Waals surface area contributed by atoms with Crippen molar-refractivity contribution in [2.45, 2.75) is 30.0 Å². The zero-order valence-corrected chi connectivity index (χ0v) is 11.7. The summed E-state index contributed by atoms with van der Waals surface area (Å²) in [7, 11) is 0. The first-order chi connectivity index (χ1) is 8.66. The highest BCUT2D eigenvalue weighted by molar-refractivity contribution is 7.99. The highest BCUT2D eigenvalue weighted by Crippen LogP contribution is 2.36. The van der Waals surface area contributed by atoms with E-state index in [1.807, 2.05) is 17.8 Å². The summed E-state index contributed by atoms with van der Waals surface area (Å²) in [5, 5.41) is 0.300. The minimum atomic E-state index is 0.124. The van der Waals surface area contributed by atoms with Crippen LogP contribution in [0.3, 0.4) is 0 Å². The number of aryl methyl sites for hydroxylation is 1. The molecule has 2 aromatic rings. The summed E-state index contributed by atoms with van der Waals surface area (Å²) < 4.78 is 0. The Bertz CT molecular complexity index is 476. The van der Waals surface area contributed by atoms with Gasteiger partial charge in [0.1, 0.15) is 0 Å². The fourth-order valence-electron chi connectivity index (χ4n) is 1.89. The molecule has 0 spiro atoms. The van der Waals surface area contributed by atoms with Crippen LogP contribution in [0.15, 0.2) is 59.5 Å². The van der Waals surface area contributed by atoms with Gasteiger partial charge in [0.2, 0.25) is 0 Å². The fraction of sp³-hybridized carbons (Fsp3) is 0.250. The van der Waals surface area contributed by atoms with E-state index in [2.05, 4.69) is 62.4 Å². The predicted molar refractivity (Wildman–Crippen MR) is 79.9 cm³/mol. The maximum absolute atomic E-state index is 6.13. The van der Waals surface area contributed by atoms with Crippen molar-refractivity contribution in [2.24, 2.45) is 5.73 Å². The second-order valence-corrected chi connectivity index (χ2v) is 5.84. The third kappa shape index (κ3) is 3.37. The molecule has 2 aromatic carbocycles. The molecule has 0 aliphatic heterocycles. The monoisotopic (exact) mass is 257 g/mol. The maximum atomic E-state index is 6.13. The summed E-state index contributed by atoms with van der Waals surface area (Å²) >= 11 is 1.83. The Morgan fingerprint density at radius 3 is 2.11 bits per heavy atom. The maximum Gasteiger partial charge on any atom is 0.0492 e. The molecular weight excluding hydrogens is 238 g/mol. The van der Waals surface area contributed by atoms with Crippen LogP contribution in [-0.2, 0) is 0 Å². The molecule has 0 saturated heterocycles. The Morgan fingerprint density at radius 1 is 0.944 bits per heavy atom. The van der Waals surface area contributed by atoms with Crippen molar-refractivity contribution >= 4 is 11.8 Å². The number of thioether (sulfide) groups is 1. The van der Waals surface area contributed by atoms with E-state index in [1.165, 1.54) is 16.0 Å². The number of benzene rings is 2. The van der Waals surface area contributed by atoms with Gasteiger partial charge in [0, 0.05) is 16.2 Å². The summed E-state index contributed by atoms with van der Waals surface area (Å²) in [6.45, 7) is 4.17. The third-order valence-corrected chi connectivity index (χ3v) is 4.39. The van der Waals surface area contributed by atoms with Crippen LogP contribution in [0, 0.1) is 6.92 Å². The molecule has 18 heavy (non-hydrogen) atoms. The molecule has 0 radical (unpaired) electrons. The normalized spacial score (nSPS) is 14.2. The summed E-state index contributed by atoms with van der Waals surface area (Å²) in [5.41, 5.74) is 8.70. The smallest absolute Gasteiger partial charge is 0.0492 e. The molecule has 0 fully saturated rings. The Labute approximate surface area is 113 Å². The van der Waals surface area contributed by atoms with E-state index in [-0.39, 0.29) is 6.04 Å². The van der Waals surface area contributed by atoms with E-state index in [0.29, 0.717) is 5.25 Å². The molecule has 2 unspecified atom stereocenters. The topological polar surface area (TPSA) is 26.0 Å². The quantitative estimate of drug-likeness (QED) is 0.832. The van der Waals surface area contributed by atoms with Crippen molar-refractivity contribution in [3.63, 3.8) is 0 Å². The number of hydrogen-bond donors (Lipinski definition) is 1. The summed E-state index contributed by atoms with van der Waals surface area (Å²) in [5.74, 6) is 0. The SMILES string of the molecule is Cc1ccc(SC(c2ccccc2)C(C)N)cc1. The lowest BCUT2D eigenvalue weighted by Crippen LogP contribution is -2.22. The summed E-state index contributed by atoms with van der Waals surface area (Å²) in [4.78, 5) is 1.27. The highest BCUT2D eigenvalue weighted by Gasteiger charge is 2.17. The first kappa shape index (κ1) is 13.2. The molecule has 0 aliphatic carbocycles. The molecular formula is C16H19NS. The molecule has 0 aliphatic rings. The number of rotatable bonds is 4. The Morgan fingerprint density at radius 2 is 1.56 bits per heavy atom. The lowest BCUT2D eigenvalue weighted by Gasteiger charge is -2.20. The molecule has 2 rings (SSSR count). The van der Waals surface area contributed by atoms with Crippen LogP contribution in [0.1, 0.15) is 23.3 Å². The molecule has 2 atom stereocenters. The fourth-order valence-corrected chi connectivity index (χ4v) is 2.98. The second-order valence-electron chi connectivity index (χ2n) is 4.62. The van der Waals surface area contributed by atoms with E-state index in [1.54, 1.807) is 0 Å². The molecule has 0 bridgehead atoms. The van der Waals surface area contributed by atoms with Gasteiger partial charge < -0.3 is 5.73 Å². The van der Waals surface area contributed by atoms with E-state index < -0.39 is 0 Å². The zero-order valence-electron chi connectivity index (χ0n) is 10.8. The van der Waals surface area contributed by atoms with Crippen LogP contribution >= 0.6 is 11.8 Å². The third-order valence-electron chi connectivity index (χ3n) is 2.89. The van der Waals surface area contributed by atoms with Gasteiger partial charge in [0.05, 0.1) is 0 Å². The molecule has 0 amide bonds. The highest BCUT2D eigenvalue weighted by atomic mass is 32.2. The van der Waals surface area contributed by atoms with Crippen molar-refractivity contribution in [1.29, 1.82) is 0 Å². The molecule has 1 nitrogen and oxygen atoms in total. The van der Waals surface area contributed by atoms with E-state index in [4.69, 9.17) is 5.73 Å². The average Bonchev–Trinajstić information content (AvgIpc) is 2.38. The molecule has 94 valence electrons. The van der Waals surface area contributed by atoms with Gasteiger partial charge in [-0.25, -0.2) is 0 Å².